The summed E-state index contributed by atoms with van der Waals surface area (Å²) in [6.45, 7) is 2.01. The van der Waals surface area contributed by atoms with Gasteiger partial charge >= 0.3 is 0 Å². The molecule has 0 radical (unpaired) electrons. The molecule has 0 aromatic carbocycles. The molecule has 0 aliphatic heterocycles. The summed E-state index contributed by atoms with van der Waals surface area (Å²) < 4.78 is 1.17. The largest absolute Gasteiger partial charge is 0.393 e. The first-order valence-corrected chi connectivity index (χ1v) is 5.75. The zero-order valence-corrected chi connectivity index (χ0v) is 9.49. The fourth-order valence-corrected chi connectivity index (χ4v) is 2.50. The van der Waals surface area contributed by atoms with Crippen molar-refractivity contribution in [1.29, 1.82) is 0 Å². The minimum atomic E-state index is -0.133. The van der Waals surface area contributed by atoms with Gasteiger partial charge in [0.25, 0.3) is 0 Å². The molecule has 0 aliphatic rings. The molecule has 3 heteroatoms. The van der Waals surface area contributed by atoms with Crippen LogP contribution in [0.15, 0.2) is 15.9 Å². The van der Waals surface area contributed by atoms with Gasteiger partial charge in [0.1, 0.15) is 0 Å². The Morgan fingerprint density at radius 3 is 2.83 bits per heavy atom. The number of hydrogen-bond donors (Lipinski definition) is 1. The van der Waals surface area contributed by atoms with Crippen molar-refractivity contribution in [2.75, 3.05) is 0 Å². The van der Waals surface area contributed by atoms with Crippen LogP contribution in [-0.4, -0.2) is 11.2 Å². The van der Waals surface area contributed by atoms with E-state index in [0.29, 0.717) is 0 Å². The lowest BCUT2D eigenvalue weighted by Gasteiger charge is -2.04. The van der Waals surface area contributed by atoms with Gasteiger partial charge in [-0.3, -0.25) is 0 Å². The SMILES string of the molecule is CCC(O)CCc1ccc(Br)s1. The standard InChI is InChI=1S/C9H13BrOS/c1-2-7(11)3-4-8-5-6-9(10)12-8/h5-7,11H,2-4H2,1H3. The number of thiophene rings is 1. The summed E-state index contributed by atoms with van der Waals surface area (Å²) in [5, 5.41) is 9.32. The zero-order valence-electron chi connectivity index (χ0n) is 7.09. The summed E-state index contributed by atoms with van der Waals surface area (Å²) >= 11 is 5.16. The van der Waals surface area contributed by atoms with Crippen molar-refractivity contribution in [1.82, 2.24) is 0 Å². The Labute approximate surface area is 85.6 Å². The molecule has 1 atom stereocenters. The van der Waals surface area contributed by atoms with Crippen LogP contribution < -0.4 is 0 Å². The molecule has 12 heavy (non-hydrogen) atoms. The second-order valence-corrected chi connectivity index (χ2v) is 5.35. The van der Waals surface area contributed by atoms with Gasteiger partial charge in [-0.05, 0) is 47.3 Å². The molecular weight excluding hydrogens is 236 g/mol. The van der Waals surface area contributed by atoms with E-state index in [9.17, 15) is 5.11 Å². The number of aliphatic hydroxyl groups is 1. The lowest BCUT2D eigenvalue weighted by atomic mass is 10.1. The van der Waals surface area contributed by atoms with Crippen LogP contribution in [-0.2, 0) is 6.42 Å². The highest BCUT2D eigenvalue weighted by atomic mass is 79.9. The lowest BCUT2D eigenvalue weighted by molar-refractivity contribution is 0.161. The van der Waals surface area contributed by atoms with Gasteiger partial charge in [-0.15, -0.1) is 11.3 Å². The quantitative estimate of drug-likeness (QED) is 0.868. The van der Waals surface area contributed by atoms with Crippen molar-refractivity contribution < 1.29 is 5.11 Å². The highest BCUT2D eigenvalue weighted by Crippen LogP contribution is 2.23. The van der Waals surface area contributed by atoms with Crippen molar-refractivity contribution >= 4 is 27.3 Å². The molecule has 68 valence electrons. The highest BCUT2D eigenvalue weighted by Gasteiger charge is 2.02. The van der Waals surface area contributed by atoms with Crippen LogP contribution in [0.5, 0.6) is 0 Å². The van der Waals surface area contributed by atoms with Crippen molar-refractivity contribution in [2.24, 2.45) is 0 Å². The number of rotatable bonds is 4. The van der Waals surface area contributed by atoms with Crippen molar-refractivity contribution in [3.63, 3.8) is 0 Å². The van der Waals surface area contributed by atoms with Crippen LogP contribution >= 0.6 is 27.3 Å². The first kappa shape index (κ1) is 10.2. The zero-order chi connectivity index (χ0) is 8.97. The summed E-state index contributed by atoms with van der Waals surface area (Å²) in [5.74, 6) is 0. The predicted octanol–water partition coefficient (Wildman–Crippen LogP) is 3.21. The number of aliphatic hydroxyl groups excluding tert-OH is 1. The molecule has 1 N–H and O–H groups in total. The van der Waals surface area contributed by atoms with E-state index in [-0.39, 0.29) is 6.10 Å². The molecule has 1 aromatic heterocycles. The lowest BCUT2D eigenvalue weighted by Crippen LogP contribution is -2.04. The maximum absolute atomic E-state index is 9.32. The molecule has 0 amide bonds. The average Bonchev–Trinajstić information content (AvgIpc) is 2.47. The molecule has 0 saturated heterocycles. The second kappa shape index (κ2) is 5.00. The van der Waals surface area contributed by atoms with Crippen molar-refractivity contribution in [2.45, 2.75) is 32.3 Å². The summed E-state index contributed by atoms with van der Waals surface area (Å²) in [7, 11) is 0. The van der Waals surface area contributed by atoms with Crippen molar-refractivity contribution in [3.05, 3.63) is 20.8 Å². The third-order valence-electron chi connectivity index (χ3n) is 1.82. The molecular formula is C9H13BrOS. The van der Waals surface area contributed by atoms with E-state index in [1.165, 1.54) is 8.66 Å². The molecule has 0 aliphatic carbocycles. The van der Waals surface area contributed by atoms with Crippen LogP contribution in [0, 0.1) is 0 Å². The molecule has 1 unspecified atom stereocenters. The molecule has 1 nitrogen and oxygen atoms in total. The number of halogens is 1. The summed E-state index contributed by atoms with van der Waals surface area (Å²) in [6.07, 6.45) is 2.59. The van der Waals surface area contributed by atoms with Crippen molar-refractivity contribution in [3.8, 4) is 0 Å². The van der Waals surface area contributed by atoms with Crippen LogP contribution in [0.25, 0.3) is 0 Å². The van der Waals surface area contributed by atoms with Gasteiger partial charge in [0, 0.05) is 4.88 Å². The molecule has 1 aromatic rings. The van der Waals surface area contributed by atoms with Gasteiger partial charge in [-0.1, -0.05) is 6.92 Å². The fraction of sp³-hybridized carbons (Fsp3) is 0.556. The van der Waals surface area contributed by atoms with Crippen LogP contribution in [0.4, 0.5) is 0 Å². The monoisotopic (exact) mass is 248 g/mol. The third kappa shape index (κ3) is 3.25. The molecule has 0 fully saturated rings. The first-order chi connectivity index (χ1) is 5.72. The Morgan fingerprint density at radius 1 is 1.58 bits per heavy atom. The Morgan fingerprint density at radius 2 is 2.33 bits per heavy atom. The van der Waals surface area contributed by atoms with Gasteiger partial charge < -0.3 is 5.11 Å². The van der Waals surface area contributed by atoms with E-state index in [4.69, 9.17) is 0 Å². The van der Waals surface area contributed by atoms with Crippen LogP contribution in [0.3, 0.4) is 0 Å². The normalized spacial score (nSPS) is 13.2. The third-order valence-corrected chi connectivity index (χ3v) is 3.51. The van der Waals surface area contributed by atoms with Crippen LogP contribution in [0.1, 0.15) is 24.6 Å². The predicted molar refractivity (Wildman–Crippen MR) is 56.6 cm³/mol. The number of hydrogen-bond acceptors (Lipinski definition) is 2. The maximum atomic E-state index is 9.32. The molecule has 0 bridgehead atoms. The minimum absolute atomic E-state index is 0.133. The smallest absolute Gasteiger partial charge is 0.0701 e. The summed E-state index contributed by atoms with van der Waals surface area (Å²) in [6, 6.07) is 4.16. The van der Waals surface area contributed by atoms with E-state index < -0.39 is 0 Å². The van der Waals surface area contributed by atoms with E-state index >= 15 is 0 Å². The van der Waals surface area contributed by atoms with Gasteiger partial charge in [-0.2, -0.15) is 0 Å². The van der Waals surface area contributed by atoms with E-state index in [1.807, 2.05) is 6.92 Å². The van der Waals surface area contributed by atoms with Gasteiger partial charge in [0.05, 0.1) is 9.89 Å². The molecule has 1 rings (SSSR count). The molecule has 0 saturated carbocycles. The second-order valence-electron chi connectivity index (χ2n) is 2.81. The van der Waals surface area contributed by atoms with E-state index in [0.717, 1.165) is 19.3 Å². The molecule has 1 heterocycles. The Kier molecular flexibility index (Phi) is 4.26. The first-order valence-electron chi connectivity index (χ1n) is 4.14. The summed E-state index contributed by atoms with van der Waals surface area (Å²) in [4.78, 5) is 1.34. The van der Waals surface area contributed by atoms with Gasteiger partial charge in [-0.25, -0.2) is 0 Å². The average molecular weight is 249 g/mol. The maximum Gasteiger partial charge on any atom is 0.0701 e. The van der Waals surface area contributed by atoms with Gasteiger partial charge in [0.2, 0.25) is 0 Å². The Hall–Kier alpha value is 0.140. The fourth-order valence-electron chi connectivity index (χ4n) is 0.999. The highest BCUT2D eigenvalue weighted by molar-refractivity contribution is 9.11. The molecule has 0 spiro atoms. The summed E-state index contributed by atoms with van der Waals surface area (Å²) in [5.41, 5.74) is 0. The van der Waals surface area contributed by atoms with E-state index in [2.05, 4.69) is 28.1 Å². The van der Waals surface area contributed by atoms with Gasteiger partial charge in [0.15, 0.2) is 0 Å². The van der Waals surface area contributed by atoms with E-state index in [1.54, 1.807) is 11.3 Å². The Balaban J connectivity index is 2.33. The van der Waals surface area contributed by atoms with Crippen LogP contribution in [0.2, 0.25) is 0 Å². The number of aryl methyl sites for hydroxylation is 1. The topological polar surface area (TPSA) is 20.2 Å². The Bertz CT molecular complexity index is 234. The minimum Gasteiger partial charge on any atom is -0.393 e.